The molecule has 1 aliphatic rings. The van der Waals surface area contributed by atoms with E-state index in [1.807, 2.05) is 24.9 Å². The van der Waals surface area contributed by atoms with E-state index in [1.165, 1.54) is 5.69 Å². The van der Waals surface area contributed by atoms with Crippen LogP contribution in [0.3, 0.4) is 0 Å². The summed E-state index contributed by atoms with van der Waals surface area (Å²) in [5, 5.41) is 10.9. The van der Waals surface area contributed by atoms with E-state index in [4.69, 9.17) is 4.52 Å². The highest BCUT2D eigenvalue weighted by atomic mass is 16.5. The van der Waals surface area contributed by atoms with Crippen molar-refractivity contribution in [3.63, 3.8) is 0 Å². The Balaban J connectivity index is 1.63. The molecule has 3 heterocycles. The highest BCUT2D eigenvalue weighted by Gasteiger charge is 2.29. The Labute approximate surface area is 135 Å². The monoisotopic (exact) mass is 317 g/mol. The molecule has 0 bridgehead atoms. The smallest absolute Gasteiger partial charge is 0.242 e. The van der Waals surface area contributed by atoms with Crippen LogP contribution in [-0.2, 0) is 11.8 Å². The minimum absolute atomic E-state index is 0.0519. The first-order valence-electron chi connectivity index (χ1n) is 8.00. The number of likely N-dealkylation sites (tertiary alicyclic amines) is 1. The van der Waals surface area contributed by atoms with Crippen LogP contribution in [0.25, 0.3) is 0 Å². The molecule has 1 saturated heterocycles. The van der Waals surface area contributed by atoms with Gasteiger partial charge >= 0.3 is 0 Å². The van der Waals surface area contributed by atoms with Gasteiger partial charge in [-0.1, -0.05) is 5.16 Å². The largest absolute Gasteiger partial charge is 0.360 e. The molecule has 1 fully saturated rings. The van der Waals surface area contributed by atoms with Crippen LogP contribution in [0.1, 0.15) is 37.1 Å². The maximum absolute atomic E-state index is 12.4. The number of carbonyl (C=O) groups excluding carboxylic acids is 1. The Morgan fingerprint density at radius 2 is 2.35 bits per heavy atom. The number of anilines is 1. The van der Waals surface area contributed by atoms with Crippen molar-refractivity contribution in [1.82, 2.24) is 19.8 Å². The van der Waals surface area contributed by atoms with Gasteiger partial charge in [-0.2, -0.15) is 5.10 Å². The molecular weight excluding hydrogens is 294 g/mol. The molecular formula is C16H23N5O2. The minimum Gasteiger partial charge on any atom is -0.360 e. The van der Waals surface area contributed by atoms with Crippen molar-refractivity contribution in [2.45, 2.75) is 38.6 Å². The van der Waals surface area contributed by atoms with E-state index in [9.17, 15) is 4.79 Å². The van der Waals surface area contributed by atoms with Crippen LogP contribution in [0.15, 0.2) is 22.9 Å². The molecule has 7 nitrogen and oxygen atoms in total. The molecule has 1 aliphatic heterocycles. The number of carbonyl (C=O) groups is 1. The standard InChI is InChI=1S/C16H23N5O2/c1-11-9-15(19-23-11)18-16(22)12(2)21-8-4-5-13(10-21)14-6-7-17-20(14)3/h6-7,9,12-13H,4-5,8,10H2,1-3H3,(H,18,19,22)/t12-,13+/m0/s1. The molecule has 1 N–H and O–H groups in total. The van der Waals surface area contributed by atoms with E-state index in [-0.39, 0.29) is 11.9 Å². The molecule has 0 unspecified atom stereocenters. The predicted octanol–water partition coefficient (Wildman–Crippen LogP) is 1.92. The first kappa shape index (κ1) is 15.7. The lowest BCUT2D eigenvalue weighted by atomic mass is 9.93. The zero-order valence-electron chi connectivity index (χ0n) is 13.8. The number of amides is 1. The number of aromatic nitrogens is 3. The van der Waals surface area contributed by atoms with E-state index < -0.39 is 0 Å². The van der Waals surface area contributed by atoms with Crippen molar-refractivity contribution in [1.29, 1.82) is 0 Å². The summed E-state index contributed by atoms with van der Waals surface area (Å²) in [6.07, 6.45) is 4.04. The Morgan fingerprint density at radius 3 is 3.00 bits per heavy atom. The Bertz CT molecular complexity index is 678. The second-order valence-electron chi connectivity index (χ2n) is 6.20. The predicted molar refractivity (Wildman–Crippen MR) is 86.1 cm³/mol. The van der Waals surface area contributed by atoms with Crippen molar-refractivity contribution in [2.24, 2.45) is 7.05 Å². The molecule has 2 aromatic rings. The van der Waals surface area contributed by atoms with Crippen LogP contribution < -0.4 is 5.32 Å². The highest BCUT2D eigenvalue weighted by molar-refractivity contribution is 5.93. The van der Waals surface area contributed by atoms with E-state index >= 15 is 0 Å². The number of piperidine rings is 1. The zero-order valence-corrected chi connectivity index (χ0v) is 13.8. The average molecular weight is 317 g/mol. The third-order valence-corrected chi connectivity index (χ3v) is 4.54. The summed E-state index contributed by atoms with van der Waals surface area (Å²) in [5.74, 6) is 1.52. The van der Waals surface area contributed by atoms with Crippen LogP contribution >= 0.6 is 0 Å². The Hall–Kier alpha value is -2.15. The number of hydrogen-bond donors (Lipinski definition) is 1. The minimum atomic E-state index is -0.206. The summed E-state index contributed by atoms with van der Waals surface area (Å²) in [7, 11) is 1.97. The molecule has 0 aliphatic carbocycles. The lowest BCUT2D eigenvalue weighted by Crippen LogP contribution is -2.46. The zero-order chi connectivity index (χ0) is 16.4. The van der Waals surface area contributed by atoms with Crippen molar-refractivity contribution >= 4 is 11.7 Å². The molecule has 0 saturated carbocycles. The summed E-state index contributed by atoms with van der Waals surface area (Å²) in [5.41, 5.74) is 1.23. The van der Waals surface area contributed by atoms with Crippen molar-refractivity contribution < 1.29 is 9.32 Å². The number of hydrogen-bond acceptors (Lipinski definition) is 5. The molecule has 1 amide bonds. The van der Waals surface area contributed by atoms with Gasteiger partial charge in [0.05, 0.1) is 6.04 Å². The Kier molecular flexibility index (Phi) is 4.47. The highest BCUT2D eigenvalue weighted by Crippen LogP contribution is 2.27. The molecule has 0 radical (unpaired) electrons. The summed E-state index contributed by atoms with van der Waals surface area (Å²) >= 11 is 0. The van der Waals surface area contributed by atoms with Crippen LogP contribution in [0.4, 0.5) is 5.82 Å². The van der Waals surface area contributed by atoms with E-state index in [2.05, 4.69) is 26.5 Å². The Morgan fingerprint density at radius 1 is 1.52 bits per heavy atom. The first-order valence-corrected chi connectivity index (χ1v) is 8.00. The van der Waals surface area contributed by atoms with E-state index in [0.717, 1.165) is 25.9 Å². The van der Waals surface area contributed by atoms with Crippen molar-refractivity contribution in [3.8, 4) is 0 Å². The second-order valence-corrected chi connectivity index (χ2v) is 6.20. The third-order valence-electron chi connectivity index (χ3n) is 4.54. The fourth-order valence-electron chi connectivity index (χ4n) is 3.21. The van der Waals surface area contributed by atoms with Gasteiger partial charge in [-0.05, 0) is 39.3 Å². The maximum atomic E-state index is 12.4. The fourth-order valence-corrected chi connectivity index (χ4v) is 3.21. The molecule has 23 heavy (non-hydrogen) atoms. The van der Waals surface area contributed by atoms with Gasteiger partial charge in [-0.3, -0.25) is 14.4 Å². The molecule has 2 aromatic heterocycles. The summed E-state index contributed by atoms with van der Waals surface area (Å²) in [6.45, 7) is 5.54. The van der Waals surface area contributed by atoms with Crippen LogP contribution in [0.2, 0.25) is 0 Å². The summed E-state index contributed by atoms with van der Waals surface area (Å²) < 4.78 is 6.91. The lowest BCUT2D eigenvalue weighted by molar-refractivity contribution is -0.121. The van der Waals surface area contributed by atoms with Crippen LogP contribution in [0.5, 0.6) is 0 Å². The fraction of sp³-hybridized carbons (Fsp3) is 0.562. The maximum Gasteiger partial charge on any atom is 0.242 e. The topological polar surface area (TPSA) is 76.2 Å². The molecule has 2 atom stereocenters. The average Bonchev–Trinajstić information content (AvgIpc) is 3.15. The number of nitrogens with zero attached hydrogens (tertiary/aromatic N) is 4. The first-order chi connectivity index (χ1) is 11.0. The molecule has 0 spiro atoms. The summed E-state index contributed by atoms with van der Waals surface area (Å²) in [4.78, 5) is 14.7. The molecule has 124 valence electrons. The summed E-state index contributed by atoms with van der Waals surface area (Å²) in [6, 6.07) is 3.58. The quantitative estimate of drug-likeness (QED) is 0.932. The van der Waals surface area contributed by atoms with E-state index in [1.54, 1.807) is 13.0 Å². The second kappa shape index (κ2) is 6.54. The van der Waals surface area contributed by atoms with Gasteiger partial charge in [0.25, 0.3) is 0 Å². The van der Waals surface area contributed by atoms with Gasteiger partial charge in [0, 0.05) is 37.5 Å². The van der Waals surface area contributed by atoms with Gasteiger partial charge in [0.1, 0.15) is 5.76 Å². The van der Waals surface area contributed by atoms with Crippen molar-refractivity contribution in [3.05, 3.63) is 29.8 Å². The number of nitrogens with one attached hydrogen (secondary N) is 1. The molecule has 3 rings (SSSR count). The van der Waals surface area contributed by atoms with Crippen LogP contribution in [-0.4, -0.2) is 44.9 Å². The van der Waals surface area contributed by atoms with Crippen LogP contribution in [0, 0.1) is 6.92 Å². The van der Waals surface area contributed by atoms with E-state index in [0.29, 0.717) is 17.5 Å². The van der Waals surface area contributed by atoms with Gasteiger partial charge in [0.2, 0.25) is 5.91 Å². The number of aryl methyl sites for hydroxylation is 2. The normalized spacial score (nSPS) is 20.4. The van der Waals surface area contributed by atoms with Gasteiger partial charge in [-0.25, -0.2) is 0 Å². The third kappa shape index (κ3) is 3.44. The molecule has 7 heteroatoms. The van der Waals surface area contributed by atoms with Crippen molar-refractivity contribution in [2.75, 3.05) is 18.4 Å². The van der Waals surface area contributed by atoms with Gasteiger partial charge < -0.3 is 9.84 Å². The van der Waals surface area contributed by atoms with Gasteiger partial charge in [0.15, 0.2) is 5.82 Å². The lowest BCUT2D eigenvalue weighted by Gasteiger charge is -2.36. The SMILES string of the molecule is Cc1cc(NC(=O)[C@H](C)N2CCC[C@@H](c3ccnn3C)C2)no1. The number of rotatable bonds is 4. The van der Waals surface area contributed by atoms with Gasteiger partial charge in [-0.15, -0.1) is 0 Å². The molecule has 0 aromatic carbocycles.